The van der Waals surface area contributed by atoms with Crippen LogP contribution in [0.3, 0.4) is 0 Å². The molecule has 39 heavy (non-hydrogen) atoms. The summed E-state index contributed by atoms with van der Waals surface area (Å²) in [6, 6.07) is 7.45. The van der Waals surface area contributed by atoms with Gasteiger partial charge in [0.15, 0.2) is 11.0 Å². The summed E-state index contributed by atoms with van der Waals surface area (Å²) in [7, 11) is 4.74. The Morgan fingerprint density at radius 1 is 1.18 bits per heavy atom. The van der Waals surface area contributed by atoms with Gasteiger partial charge in [-0.3, -0.25) is 14.0 Å². The lowest BCUT2D eigenvalue weighted by Gasteiger charge is -2.13. The van der Waals surface area contributed by atoms with E-state index in [1.165, 1.54) is 30.2 Å². The number of hydrogen-bond acceptors (Lipinski definition) is 9. The van der Waals surface area contributed by atoms with Crippen molar-refractivity contribution in [1.29, 1.82) is 0 Å². The molecule has 0 saturated heterocycles. The minimum atomic E-state index is -0.430. The van der Waals surface area contributed by atoms with Crippen molar-refractivity contribution in [1.82, 2.24) is 24.5 Å². The zero-order valence-electron chi connectivity index (χ0n) is 21.9. The highest BCUT2D eigenvalue weighted by molar-refractivity contribution is 7.99. The first-order valence-electron chi connectivity index (χ1n) is 12.3. The van der Waals surface area contributed by atoms with E-state index >= 15 is 0 Å². The number of amides is 1. The molecule has 0 unspecified atom stereocenters. The van der Waals surface area contributed by atoms with Crippen LogP contribution in [-0.4, -0.2) is 56.4 Å². The normalized spacial score (nSPS) is 12.7. The number of fused-ring (bicyclic) bond motifs is 1. The molecule has 0 fully saturated rings. The van der Waals surface area contributed by atoms with Crippen molar-refractivity contribution >= 4 is 51.6 Å². The third-order valence-electron chi connectivity index (χ3n) is 6.58. The van der Waals surface area contributed by atoms with Crippen molar-refractivity contribution < 1.29 is 19.1 Å². The standard InChI is InChI=1S/C26H27ClN6O4S2/c1-14-21(27)22(31-32(14)2)23-29-30-26(33(23)16-10-6-7-11-17(16)36-3)38-13-19(34)28-24-20(25(35)37-4)15-9-5-8-12-18(15)39-24/h6-7,10-11H,5,8-9,12-13H2,1-4H3,(H,28,34). The molecule has 0 spiro atoms. The maximum atomic E-state index is 13.1. The number of benzene rings is 1. The molecule has 0 radical (unpaired) electrons. The van der Waals surface area contributed by atoms with Gasteiger partial charge in [0.2, 0.25) is 5.91 Å². The summed E-state index contributed by atoms with van der Waals surface area (Å²) >= 11 is 9.26. The first kappa shape index (κ1) is 27.2. The summed E-state index contributed by atoms with van der Waals surface area (Å²) in [5.74, 6) is 0.355. The summed E-state index contributed by atoms with van der Waals surface area (Å²) in [5, 5.41) is 17.7. The monoisotopic (exact) mass is 586 g/mol. The van der Waals surface area contributed by atoms with Gasteiger partial charge in [0.1, 0.15) is 16.4 Å². The van der Waals surface area contributed by atoms with Crippen molar-refractivity contribution in [3.05, 3.63) is 51.0 Å². The van der Waals surface area contributed by atoms with Crippen molar-refractivity contribution in [2.24, 2.45) is 7.05 Å². The number of carbonyl (C=O) groups excluding carboxylic acids is 2. The third kappa shape index (κ3) is 5.15. The first-order valence-corrected chi connectivity index (χ1v) is 14.5. The van der Waals surface area contributed by atoms with Crippen LogP contribution in [0.5, 0.6) is 5.75 Å². The summed E-state index contributed by atoms with van der Waals surface area (Å²) in [6.45, 7) is 1.87. The second kappa shape index (κ2) is 11.4. The van der Waals surface area contributed by atoms with Gasteiger partial charge in [0.25, 0.3) is 0 Å². The lowest BCUT2D eigenvalue weighted by Crippen LogP contribution is -2.17. The number of halogens is 1. The van der Waals surface area contributed by atoms with Crippen LogP contribution in [0.1, 0.15) is 39.3 Å². The number of anilines is 1. The number of thiophene rings is 1. The highest BCUT2D eigenvalue weighted by atomic mass is 35.5. The van der Waals surface area contributed by atoms with Crippen LogP contribution >= 0.6 is 34.7 Å². The van der Waals surface area contributed by atoms with Crippen LogP contribution in [0.15, 0.2) is 29.4 Å². The lowest BCUT2D eigenvalue weighted by molar-refractivity contribution is -0.113. The van der Waals surface area contributed by atoms with E-state index in [0.29, 0.717) is 43.7 Å². The number of aryl methyl sites for hydroxylation is 2. The topological polar surface area (TPSA) is 113 Å². The Labute approximate surface area is 238 Å². The third-order valence-corrected chi connectivity index (χ3v) is 9.17. The highest BCUT2D eigenvalue weighted by Crippen LogP contribution is 2.39. The second-order valence-electron chi connectivity index (χ2n) is 8.93. The maximum Gasteiger partial charge on any atom is 0.341 e. The molecule has 1 amide bonds. The largest absolute Gasteiger partial charge is 0.495 e. The van der Waals surface area contributed by atoms with Gasteiger partial charge in [-0.2, -0.15) is 5.10 Å². The smallest absolute Gasteiger partial charge is 0.341 e. The van der Waals surface area contributed by atoms with Crippen molar-refractivity contribution in [2.45, 2.75) is 37.8 Å². The summed E-state index contributed by atoms with van der Waals surface area (Å²) in [6.07, 6.45) is 3.78. The van der Waals surface area contributed by atoms with Crippen molar-refractivity contribution in [3.63, 3.8) is 0 Å². The number of hydrogen-bond donors (Lipinski definition) is 1. The van der Waals surface area contributed by atoms with Crippen LogP contribution in [0.25, 0.3) is 17.2 Å². The fraction of sp³-hybridized carbons (Fsp3) is 0.346. The summed E-state index contributed by atoms with van der Waals surface area (Å²) in [5.41, 5.74) is 3.40. The molecule has 13 heteroatoms. The zero-order valence-corrected chi connectivity index (χ0v) is 24.3. The van der Waals surface area contributed by atoms with Gasteiger partial charge in [-0.25, -0.2) is 4.79 Å². The number of rotatable bonds is 8. The molecule has 5 rings (SSSR count). The number of carbonyl (C=O) groups is 2. The predicted octanol–water partition coefficient (Wildman–Crippen LogP) is 5.10. The number of esters is 1. The molecule has 1 aromatic carbocycles. The van der Waals surface area contributed by atoms with Gasteiger partial charge in [-0.05, 0) is 50.3 Å². The Kier molecular flexibility index (Phi) is 7.96. The highest BCUT2D eigenvalue weighted by Gasteiger charge is 2.28. The van der Waals surface area contributed by atoms with Crippen LogP contribution in [0.2, 0.25) is 5.02 Å². The number of nitrogens with zero attached hydrogens (tertiary/aromatic N) is 5. The molecule has 0 atom stereocenters. The Morgan fingerprint density at radius 3 is 2.67 bits per heavy atom. The lowest BCUT2D eigenvalue weighted by atomic mass is 9.95. The average molecular weight is 587 g/mol. The minimum absolute atomic E-state index is 0.0332. The van der Waals surface area contributed by atoms with E-state index in [9.17, 15) is 9.59 Å². The molecule has 1 N–H and O–H groups in total. The SMILES string of the molecule is COC(=O)c1c(NC(=O)CSc2nnc(-c3nn(C)c(C)c3Cl)n2-c2ccccc2OC)sc2c1CCCC2. The van der Waals surface area contributed by atoms with E-state index in [1.54, 1.807) is 23.4 Å². The van der Waals surface area contributed by atoms with Gasteiger partial charge < -0.3 is 14.8 Å². The molecular formula is C26H27ClN6O4S2. The van der Waals surface area contributed by atoms with Crippen LogP contribution < -0.4 is 10.1 Å². The van der Waals surface area contributed by atoms with Crippen LogP contribution in [0, 0.1) is 6.92 Å². The predicted molar refractivity (Wildman–Crippen MR) is 152 cm³/mol. The molecule has 10 nitrogen and oxygen atoms in total. The quantitative estimate of drug-likeness (QED) is 0.224. The van der Waals surface area contributed by atoms with Crippen molar-refractivity contribution in [3.8, 4) is 23.0 Å². The Bertz CT molecular complexity index is 1560. The molecule has 0 saturated carbocycles. The average Bonchev–Trinajstić information content (AvgIpc) is 3.61. The fourth-order valence-corrected chi connectivity index (χ4v) is 6.82. The van der Waals surface area contributed by atoms with Gasteiger partial charge in [0, 0.05) is 11.9 Å². The van der Waals surface area contributed by atoms with Crippen LogP contribution in [0.4, 0.5) is 5.00 Å². The zero-order chi connectivity index (χ0) is 27.7. The number of aromatic nitrogens is 5. The second-order valence-corrected chi connectivity index (χ2v) is 11.4. The van der Waals surface area contributed by atoms with E-state index in [4.69, 9.17) is 21.1 Å². The Balaban J connectivity index is 1.45. The molecule has 0 bridgehead atoms. The number of ether oxygens (including phenoxy) is 2. The van der Waals surface area contributed by atoms with Gasteiger partial charge in [-0.15, -0.1) is 21.5 Å². The molecule has 1 aliphatic rings. The van der Waals surface area contributed by atoms with Gasteiger partial charge in [0.05, 0.1) is 41.9 Å². The molecule has 204 valence electrons. The summed E-state index contributed by atoms with van der Waals surface area (Å²) < 4.78 is 14.1. The van der Waals surface area contributed by atoms with E-state index in [-0.39, 0.29) is 11.7 Å². The molecule has 4 aromatic rings. The van der Waals surface area contributed by atoms with Gasteiger partial charge >= 0.3 is 5.97 Å². The Morgan fingerprint density at radius 2 is 1.95 bits per heavy atom. The van der Waals surface area contributed by atoms with Gasteiger partial charge in [-0.1, -0.05) is 35.5 Å². The summed E-state index contributed by atoms with van der Waals surface area (Å²) in [4.78, 5) is 26.8. The molecular weight excluding hydrogens is 560 g/mol. The fourth-order valence-electron chi connectivity index (χ4n) is 4.54. The minimum Gasteiger partial charge on any atom is -0.495 e. The van der Waals surface area contributed by atoms with E-state index < -0.39 is 5.97 Å². The first-order chi connectivity index (χ1) is 18.8. The maximum absolute atomic E-state index is 13.1. The molecule has 3 heterocycles. The van der Waals surface area contributed by atoms with E-state index in [1.807, 2.05) is 31.2 Å². The molecule has 1 aliphatic carbocycles. The van der Waals surface area contributed by atoms with E-state index in [0.717, 1.165) is 41.8 Å². The number of thioether (sulfide) groups is 1. The number of para-hydroxylation sites is 2. The number of methoxy groups -OCH3 is 2. The molecule has 3 aromatic heterocycles. The van der Waals surface area contributed by atoms with E-state index in [2.05, 4.69) is 20.6 Å². The Hall–Kier alpha value is -3.35. The number of nitrogens with one attached hydrogen (secondary N) is 1. The molecule has 0 aliphatic heterocycles. The van der Waals surface area contributed by atoms with Crippen molar-refractivity contribution in [2.75, 3.05) is 25.3 Å². The van der Waals surface area contributed by atoms with Crippen LogP contribution in [-0.2, 0) is 29.4 Å².